The van der Waals surface area contributed by atoms with Gasteiger partial charge in [-0.3, -0.25) is 4.79 Å². The minimum Gasteiger partial charge on any atom is -0.444 e. The number of carbonyl (C=O) groups excluding carboxylic acids is 2. The molecule has 20 heavy (non-hydrogen) atoms. The standard InChI is InChI=1S/C14H26N2O4/c1-11(17)16(10-12-6-5-9-19-12)8-7-15-13(18)20-14(2,3)4/h12H,5-10H2,1-4H3,(H,15,18). The van der Waals surface area contributed by atoms with E-state index in [0.29, 0.717) is 19.6 Å². The van der Waals surface area contributed by atoms with Crippen molar-refractivity contribution in [1.82, 2.24) is 10.2 Å². The maximum absolute atomic E-state index is 11.6. The fourth-order valence-corrected chi connectivity index (χ4v) is 2.02. The monoisotopic (exact) mass is 286 g/mol. The highest BCUT2D eigenvalue weighted by Gasteiger charge is 2.21. The summed E-state index contributed by atoms with van der Waals surface area (Å²) >= 11 is 0. The summed E-state index contributed by atoms with van der Waals surface area (Å²) in [6.07, 6.45) is 1.70. The Bertz CT molecular complexity index is 333. The third kappa shape index (κ3) is 6.75. The maximum atomic E-state index is 11.6. The van der Waals surface area contributed by atoms with Gasteiger partial charge in [0.05, 0.1) is 6.10 Å². The first kappa shape index (κ1) is 16.8. The zero-order valence-corrected chi connectivity index (χ0v) is 12.9. The van der Waals surface area contributed by atoms with Crippen molar-refractivity contribution in [2.24, 2.45) is 0 Å². The Balaban J connectivity index is 2.28. The van der Waals surface area contributed by atoms with E-state index in [1.54, 1.807) is 4.90 Å². The van der Waals surface area contributed by atoms with E-state index >= 15 is 0 Å². The molecule has 1 unspecified atom stereocenters. The van der Waals surface area contributed by atoms with Crippen molar-refractivity contribution >= 4 is 12.0 Å². The molecule has 0 bridgehead atoms. The third-order valence-electron chi connectivity index (χ3n) is 2.94. The molecule has 1 aliphatic rings. The molecule has 1 aliphatic heterocycles. The first-order valence-corrected chi connectivity index (χ1v) is 7.12. The average molecular weight is 286 g/mol. The van der Waals surface area contributed by atoms with Gasteiger partial charge >= 0.3 is 6.09 Å². The van der Waals surface area contributed by atoms with Crippen LogP contribution in [0.3, 0.4) is 0 Å². The van der Waals surface area contributed by atoms with Crippen LogP contribution < -0.4 is 5.32 Å². The first-order chi connectivity index (χ1) is 9.28. The van der Waals surface area contributed by atoms with Crippen LogP contribution in [0.4, 0.5) is 4.79 Å². The van der Waals surface area contributed by atoms with Crippen molar-refractivity contribution in [2.45, 2.75) is 52.2 Å². The second kappa shape index (κ2) is 7.47. The van der Waals surface area contributed by atoms with Crippen LogP contribution in [0.15, 0.2) is 0 Å². The lowest BCUT2D eigenvalue weighted by atomic mass is 10.2. The van der Waals surface area contributed by atoms with E-state index < -0.39 is 11.7 Å². The number of rotatable bonds is 5. The largest absolute Gasteiger partial charge is 0.444 e. The van der Waals surface area contributed by atoms with Crippen molar-refractivity contribution in [1.29, 1.82) is 0 Å². The molecule has 2 amide bonds. The van der Waals surface area contributed by atoms with Gasteiger partial charge in [0.1, 0.15) is 5.60 Å². The lowest BCUT2D eigenvalue weighted by Crippen LogP contribution is -2.42. The van der Waals surface area contributed by atoms with Crippen LogP contribution >= 0.6 is 0 Å². The molecule has 6 nitrogen and oxygen atoms in total. The highest BCUT2D eigenvalue weighted by atomic mass is 16.6. The van der Waals surface area contributed by atoms with Gasteiger partial charge in [-0.25, -0.2) is 4.79 Å². The Kier molecular flexibility index (Phi) is 6.26. The Morgan fingerprint density at radius 3 is 2.60 bits per heavy atom. The zero-order valence-electron chi connectivity index (χ0n) is 12.9. The van der Waals surface area contributed by atoms with E-state index in [0.717, 1.165) is 19.4 Å². The lowest BCUT2D eigenvalue weighted by molar-refractivity contribution is -0.130. The molecular formula is C14H26N2O4. The van der Waals surface area contributed by atoms with Crippen LogP contribution in [0, 0.1) is 0 Å². The fraction of sp³-hybridized carbons (Fsp3) is 0.857. The highest BCUT2D eigenvalue weighted by molar-refractivity contribution is 5.73. The summed E-state index contributed by atoms with van der Waals surface area (Å²) in [6, 6.07) is 0. The van der Waals surface area contributed by atoms with Gasteiger partial charge in [0.25, 0.3) is 0 Å². The molecule has 0 aromatic rings. The fourth-order valence-electron chi connectivity index (χ4n) is 2.02. The lowest BCUT2D eigenvalue weighted by Gasteiger charge is -2.25. The van der Waals surface area contributed by atoms with Gasteiger partial charge in [-0.05, 0) is 33.6 Å². The average Bonchev–Trinajstić information content (AvgIpc) is 2.77. The number of hydrogen-bond acceptors (Lipinski definition) is 4. The number of nitrogens with one attached hydrogen (secondary N) is 1. The Hall–Kier alpha value is -1.30. The number of hydrogen-bond donors (Lipinski definition) is 1. The summed E-state index contributed by atoms with van der Waals surface area (Å²) in [6.45, 7) is 9.17. The quantitative estimate of drug-likeness (QED) is 0.832. The van der Waals surface area contributed by atoms with Crippen molar-refractivity contribution < 1.29 is 19.1 Å². The molecule has 1 rings (SSSR count). The third-order valence-corrected chi connectivity index (χ3v) is 2.94. The van der Waals surface area contributed by atoms with Crippen molar-refractivity contribution in [3.63, 3.8) is 0 Å². The second-order valence-electron chi connectivity index (χ2n) is 6.03. The predicted octanol–water partition coefficient (Wildman–Crippen LogP) is 1.54. The number of nitrogens with zero attached hydrogens (tertiary/aromatic N) is 1. The maximum Gasteiger partial charge on any atom is 0.407 e. The molecule has 1 fully saturated rings. The van der Waals surface area contributed by atoms with E-state index in [1.807, 2.05) is 20.8 Å². The van der Waals surface area contributed by atoms with E-state index in [9.17, 15) is 9.59 Å². The van der Waals surface area contributed by atoms with Gasteiger partial charge in [0.2, 0.25) is 5.91 Å². The van der Waals surface area contributed by atoms with Crippen LogP contribution in [0.5, 0.6) is 0 Å². The van der Waals surface area contributed by atoms with Crippen LogP contribution in [0.2, 0.25) is 0 Å². The molecule has 1 heterocycles. The summed E-state index contributed by atoms with van der Waals surface area (Å²) in [4.78, 5) is 24.8. The SMILES string of the molecule is CC(=O)N(CCNC(=O)OC(C)(C)C)CC1CCCO1. The summed E-state index contributed by atoms with van der Waals surface area (Å²) in [5, 5.41) is 2.65. The van der Waals surface area contributed by atoms with Gasteiger partial charge < -0.3 is 19.7 Å². The van der Waals surface area contributed by atoms with Crippen LogP contribution in [0.25, 0.3) is 0 Å². The normalized spacial score (nSPS) is 18.7. The van der Waals surface area contributed by atoms with E-state index in [4.69, 9.17) is 9.47 Å². The minimum absolute atomic E-state index is 0.00788. The smallest absolute Gasteiger partial charge is 0.407 e. The minimum atomic E-state index is -0.512. The molecular weight excluding hydrogens is 260 g/mol. The molecule has 0 aromatic carbocycles. The Labute approximate surface area is 120 Å². The first-order valence-electron chi connectivity index (χ1n) is 7.12. The predicted molar refractivity (Wildman–Crippen MR) is 75.5 cm³/mol. The summed E-state index contributed by atoms with van der Waals surface area (Å²) in [5.41, 5.74) is -0.512. The van der Waals surface area contributed by atoms with E-state index in [-0.39, 0.29) is 12.0 Å². The van der Waals surface area contributed by atoms with Crippen LogP contribution in [0.1, 0.15) is 40.5 Å². The topological polar surface area (TPSA) is 67.9 Å². The molecule has 1 atom stereocenters. The number of alkyl carbamates (subject to hydrolysis) is 1. The molecule has 1 N–H and O–H groups in total. The van der Waals surface area contributed by atoms with Crippen LogP contribution in [-0.4, -0.2) is 54.8 Å². The Morgan fingerprint density at radius 2 is 2.10 bits per heavy atom. The molecule has 6 heteroatoms. The molecule has 0 radical (unpaired) electrons. The van der Waals surface area contributed by atoms with Gasteiger partial charge in [-0.1, -0.05) is 0 Å². The van der Waals surface area contributed by atoms with Gasteiger partial charge in [0, 0.05) is 33.2 Å². The molecule has 116 valence electrons. The molecule has 0 aliphatic carbocycles. The highest BCUT2D eigenvalue weighted by Crippen LogP contribution is 2.13. The number of amides is 2. The Morgan fingerprint density at radius 1 is 1.40 bits per heavy atom. The van der Waals surface area contributed by atoms with E-state index in [1.165, 1.54) is 6.92 Å². The molecule has 0 spiro atoms. The van der Waals surface area contributed by atoms with Gasteiger partial charge in [-0.2, -0.15) is 0 Å². The number of carbonyl (C=O) groups is 2. The molecule has 0 aromatic heterocycles. The van der Waals surface area contributed by atoms with Gasteiger partial charge in [-0.15, -0.1) is 0 Å². The van der Waals surface area contributed by atoms with Crippen molar-refractivity contribution in [3.05, 3.63) is 0 Å². The van der Waals surface area contributed by atoms with Crippen LogP contribution in [-0.2, 0) is 14.3 Å². The second-order valence-corrected chi connectivity index (χ2v) is 6.03. The zero-order chi connectivity index (χ0) is 15.2. The van der Waals surface area contributed by atoms with Gasteiger partial charge in [0.15, 0.2) is 0 Å². The molecule has 1 saturated heterocycles. The number of ether oxygens (including phenoxy) is 2. The summed E-state index contributed by atoms with van der Waals surface area (Å²) < 4.78 is 10.7. The summed E-state index contributed by atoms with van der Waals surface area (Å²) in [5.74, 6) is -0.00788. The van der Waals surface area contributed by atoms with Crippen molar-refractivity contribution in [2.75, 3.05) is 26.2 Å². The molecule has 0 saturated carbocycles. The van der Waals surface area contributed by atoms with Crippen molar-refractivity contribution in [3.8, 4) is 0 Å². The van der Waals surface area contributed by atoms with E-state index in [2.05, 4.69) is 5.32 Å². The summed E-state index contributed by atoms with van der Waals surface area (Å²) in [7, 11) is 0.